The van der Waals surface area contributed by atoms with Crippen LogP contribution in [0.5, 0.6) is 11.5 Å². The first-order valence-corrected chi connectivity index (χ1v) is 7.35. The van der Waals surface area contributed by atoms with Gasteiger partial charge in [-0.25, -0.2) is 4.39 Å². The van der Waals surface area contributed by atoms with Crippen LogP contribution in [0, 0.1) is 5.82 Å². The number of hydrogen-bond acceptors (Lipinski definition) is 4. The van der Waals surface area contributed by atoms with E-state index in [2.05, 4.69) is 10.6 Å². The van der Waals surface area contributed by atoms with Crippen molar-refractivity contribution in [3.05, 3.63) is 54.3 Å². The van der Waals surface area contributed by atoms with Gasteiger partial charge in [0.25, 0.3) is 0 Å². The summed E-state index contributed by atoms with van der Waals surface area (Å²) in [5.41, 5.74) is 0.210. The Labute approximate surface area is 137 Å². The normalized spacial score (nSPS) is 15.5. The predicted octanol–water partition coefficient (Wildman–Crippen LogP) is 1.72. The van der Waals surface area contributed by atoms with E-state index < -0.39 is 23.7 Å². The van der Waals surface area contributed by atoms with Crippen LogP contribution in [0.4, 0.5) is 10.1 Å². The van der Waals surface area contributed by atoms with E-state index in [9.17, 15) is 14.0 Å². The van der Waals surface area contributed by atoms with Crippen LogP contribution in [-0.4, -0.2) is 31.1 Å². The van der Waals surface area contributed by atoms with Crippen molar-refractivity contribution in [2.45, 2.75) is 6.10 Å². The van der Waals surface area contributed by atoms with Crippen LogP contribution in [-0.2, 0) is 9.59 Å². The van der Waals surface area contributed by atoms with Crippen LogP contribution in [0.1, 0.15) is 0 Å². The van der Waals surface area contributed by atoms with Crippen molar-refractivity contribution < 1.29 is 23.5 Å². The lowest BCUT2D eigenvalue weighted by Crippen LogP contribution is -2.44. The molecule has 1 aliphatic rings. The standard InChI is InChI=1S/C17H15FN2O4/c18-11-4-3-5-12(8-11)20-17(22)16(21)19-9-13-10-23-14-6-1-2-7-15(14)24-13/h1-8,13H,9-10H2,(H,19,21)(H,20,22). The van der Waals surface area contributed by atoms with Gasteiger partial charge in [-0.3, -0.25) is 9.59 Å². The molecule has 0 aliphatic carbocycles. The van der Waals surface area contributed by atoms with Gasteiger partial charge in [0, 0.05) is 5.69 Å². The van der Waals surface area contributed by atoms with Gasteiger partial charge >= 0.3 is 11.8 Å². The second kappa shape index (κ2) is 6.99. The average Bonchev–Trinajstić information content (AvgIpc) is 2.59. The molecular formula is C17H15FN2O4. The van der Waals surface area contributed by atoms with Gasteiger partial charge in [0.2, 0.25) is 0 Å². The third-order valence-electron chi connectivity index (χ3n) is 3.35. The molecule has 0 spiro atoms. The van der Waals surface area contributed by atoms with Gasteiger partial charge < -0.3 is 20.1 Å². The summed E-state index contributed by atoms with van der Waals surface area (Å²) in [5.74, 6) is -0.977. The molecule has 1 atom stereocenters. The van der Waals surface area contributed by atoms with Gasteiger partial charge in [0.1, 0.15) is 18.5 Å². The maximum absolute atomic E-state index is 13.0. The van der Waals surface area contributed by atoms with E-state index in [4.69, 9.17) is 9.47 Å². The summed E-state index contributed by atoms with van der Waals surface area (Å²) in [4.78, 5) is 23.6. The highest BCUT2D eigenvalue weighted by Crippen LogP contribution is 2.30. The number of nitrogens with one attached hydrogen (secondary N) is 2. The summed E-state index contributed by atoms with van der Waals surface area (Å²) < 4.78 is 24.2. The van der Waals surface area contributed by atoms with Crippen LogP contribution in [0.2, 0.25) is 0 Å². The first-order valence-electron chi connectivity index (χ1n) is 7.35. The van der Waals surface area contributed by atoms with Gasteiger partial charge in [-0.05, 0) is 30.3 Å². The largest absolute Gasteiger partial charge is 0.486 e. The molecular weight excluding hydrogens is 315 g/mol. The van der Waals surface area contributed by atoms with Crippen molar-refractivity contribution >= 4 is 17.5 Å². The fourth-order valence-electron chi connectivity index (χ4n) is 2.20. The number of carbonyl (C=O) groups excluding carboxylic acids is 2. The van der Waals surface area contributed by atoms with Gasteiger partial charge in [0.05, 0.1) is 6.54 Å². The molecule has 6 nitrogen and oxygen atoms in total. The molecule has 0 fully saturated rings. The monoisotopic (exact) mass is 330 g/mol. The lowest BCUT2D eigenvalue weighted by Gasteiger charge is -2.26. The second-order valence-electron chi connectivity index (χ2n) is 5.17. The van der Waals surface area contributed by atoms with Crippen molar-refractivity contribution in [2.75, 3.05) is 18.5 Å². The number of hydrogen-bond donors (Lipinski definition) is 2. The van der Waals surface area contributed by atoms with E-state index in [1.54, 1.807) is 12.1 Å². The van der Waals surface area contributed by atoms with Crippen molar-refractivity contribution in [1.29, 1.82) is 0 Å². The van der Waals surface area contributed by atoms with Gasteiger partial charge in [0.15, 0.2) is 11.5 Å². The summed E-state index contributed by atoms with van der Waals surface area (Å²) in [7, 11) is 0. The third kappa shape index (κ3) is 3.81. The summed E-state index contributed by atoms with van der Waals surface area (Å²) >= 11 is 0. The van der Waals surface area contributed by atoms with Crippen molar-refractivity contribution in [1.82, 2.24) is 5.32 Å². The molecule has 0 bridgehead atoms. The fourth-order valence-corrected chi connectivity index (χ4v) is 2.20. The molecule has 2 aromatic rings. The molecule has 2 aromatic carbocycles. The minimum Gasteiger partial charge on any atom is -0.486 e. The number of fused-ring (bicyclic) bond motifs is 1. The molecule has 0 saturated carbocycles. The molecule has 2 amide bonds. The van der Waals surface area contributed by atoms with Crippen molar-refractivity contribution in [2.24, 2.45) is 0 Å². The number of ether oxygens (including phenoxy) is 2. The van der Waals surface area contributed by atoms with E-state index in [-0.39, 0.29) is 18.8 Å². The number of para-hydroxylation sites is 2. The highest BCUT2D eigenvalue weighted by atomic mass is 19.1. The molecule has 124 valence electrons. The minimum absolute atomic E-state index is 0.115. The number of halogens is 1. The Morgan fingerprint density at radius 1 is 1.08 bits per heavy atom. The molecule has 3 rings (SSSR count). The Balaban J connectivity index is 1.50. The fraction of sp³-hybridized carbons (Fsp3) is 0.176. The lowest BCUT2D eigenvalue weighted by atomic mass is 10.2. The van der Waals surface area contributed by atoms with Crippen LogP contribution in [0.25, 0.3) is 0 Å². The van der Waals surface area contributed by atoms with E-state index >= 15 is 0 Å². The van der Waals surface area contributed by atoms with E-state index in [1.807, 2.05) is 12.1 Å². The smallest absolute Gasteiger partial charge is 0.313 e. The maximum Gasteiger partial charge on any atom is 0.313 e. The topological polar surface area (TPSA) is 76.7 Å². The number of carbonyl (C=O) groups is 2. The molecule has 1 aliphatic heterocycles. The Bertz CT molecular complexity index is 766. The summed E-state index contributed by atoms with van der Waals surface area (Å²) in [6.45, 7) is 0.381. The van der Waals surface area contributed by atoms with Crippen LogP contribution in [0.15, 0.2) is 48.5 Å². The Morgan fingerprint density at radius 2 is 1.88 bits per heavy atom. The molecule has 7 heteroatoms. The van der Waals surface area contributed by atoms with E-state index in [0.29, 0.717) is 11.5 Å². The minimum atomic E-state index is -0.877. The van der Waals surface area contributed by atoms with E-state index in [1.165, 1.54) is 18.2 Å². The van der Waals surface area contributed by atoms with Crippen LogP contribution in [0.3, 0.4) is 0 Å². The van der Waals surface area contributed by atoms with Crippen molar-refractivity contribution in [3.8, 4) is 11.5 Å². The van der Waals surface area contributed by atoms with Crippen LogP contribution < -0.4 is 20.1 Å². The number of rotatable bonds is 3. The molecule has 1 heterocycles. The first kappa shape index (κ1) is 15.8. The summed E-state index contributed by atoms with van der Waals surface area (Å²) in [6.07, 6.45) is -0.397. The molecule has 0 aromatic heterocycles. The Morgan fingerprint density at radius 3 is 2.67 bits per heavy atom. The molecule has 0 saturated heterocycles. The predicted molar refractivity (Wildman–Crippen MR) is 84.4 cm³/mol. The third-order valence-corrected chi connectivity index (χ3v) is 3.35. The second-order valence-corrected chi connectivity index (χ2v) is 5.17. The Hall–Kier alpha value is -3.09. The van der Waals surface area contributed by atoms with E-state index in [0.717, 1.165) is 6.07 Å². The molecule has 24 heavy (non-hydrogen) atoms. The highest BCUT2D eigenvalue weighted by molar-refractivity contribution is 6.39. The van der Waals surface area contributed by atoms with Gasteiger partial charge in [-0.2, -0.15) is 0 Å². The quantitative estimate of drug-likeness (QED) is 0.840. The SMILES string of the molecule is O=C(NCC1COc2ccccc2O1)C(=O)Nc1cccc(F)c1. The Kier molecular flexibility index (Phi) is 4.60. The van der Waals surface area contributed by atoms with Crippen molar-refractivity contribution in [3.63, 3.8) is 0 Å². The number of anilines is 1. The summed E-state index contributed by atoms with van der Waals surface area (Å²) in [5, 5.41) is 4.79. The van der Waals surface area contributed by atoms with Gasteiger partial charge in [-0.15, -0.1) is 0 Å². The zero-order valence-electron chi connectivity index (χ0n) is 12.6. The van der Waals surface area contributed by atoms with Crippen LogP contribution >= 0.6 is 0 Å². The zero-order chi connectivity index (χ0) is 16.9. The first-order chi connectivity index (χ1) is 11.6. The maximum atomic E-state index is 13.0. The number of benzene rings is 2. The molecule has 1 unspecified atom stereocenters. The molecule has 2 N–H and O–H groups in total. The highest BCUT2D eigenvalue weighted by Gasteiger charge is 2.22. The number of amides is 2. The summed E-state index contributed by atoms with van der Waals surface area (Å²) in [6, 6.07) is 12.5. The van der Waals surface area contributed by atoms with Gasteiger partial charge in [-0.1, -0.05) is 18.2 Å². The zero-order valence-corrected chi connectivity index (χ0v) is 12.6. The molecule has 0 radical (unpaired) electrons. The average molecular weight is 330 g/mol. The lowest BCUT2D eigenvalue weighted by molar-refractivity contribution is -0.136.